The summed E-state index contributed by atoms with van der Waals surface area (Å²) >= 11 is 7.32. The highest BCUT2D eigenvalue weighted by atomic mass is 35.5. The van der Waals surface area contributed by atoms with E-state index in [0.29, 0.717) is 5.02 Å². The van der Waals surface area contributed by atoms with Gasteiger partial charge in [0.2, 0.25) is 5.91 Å². The molecule has 0 fully saturated rings. The van der Waals surface area contributed by atoms with E-state index in [9.17, 15) is 13.2 Å². The number of benzene rings is 2. The molecule has 1 amide bonds. The van der Waals surface area contributed by atoms with Gasteiger partial charge >= 0.3 is 0 Å². The van der Waals surface area contributed by atoms with Crippen molar-refractivity contribution in [2.24, 2.45) is 0 Å². The highest BCUT2D eigenvalue weighted by Gasteiger charge is 2.23. The third-order valence-electron chi connectivity index (χ3n) is 4.35. The van der Waals surface area contributed by atoms with Crippen LogP contribution >= 0.6 is 22.9 Å². The second-order valence-electron chi connectivity index (χ2n) is 6.32. The van der Waals surface area contributed by atoms with E-state index < -0.39 is 21.5 Å². The first-order valence-corrected chi connectivity index (χ1v) is 11.7. The van der Waals surface area contributed by atoms with E-state index >= 15 is 0 Å². The number of thiophene rings is 1. The minimum absolute atomic E-state index is 0.0759. The van der Waals surface area contributed by atoms with E-state index in [1.807, 2.05) is 41.8 Å². The van der Waals surface area contributed by atoms with Crippen LogP contribution in [0.4, 0.5) is 0 Å². The van der Waals surface area contributed by atoms with Gasteiger partial charge in [-0.15, -0.1) is 11.3 Å². The fraction of sp³-hybridized carbons (Fsp3) is 0.190. The first kappa shape index (κ1) is 20.6. The number of halogens is 1. The third-order valence-corrected chi connectivity index (χ3v) is 7.17. The van der Waals surface area contributed by atoms with Gasteiger partial charge in [-0.05, 0) is 53.3 Å². The Morgan fingerprint density at radius 2 is 1.75 bits per heavy atom. The summed E-state index contributed by atoms with van der Waals surface area (Å²) in [4.78, 5) is 13.6. The highest BCUT2D eigenvalue weighted by Crippen LogP contribution is 2.26. The lowest BCUT2D eigenvalue weighted by atomic mass is 10.0. The maximum absolute atomic E-state index is 12.6. The van der Waals surface area contributed by atoms with Crippen molar-refractivity contribution in [1.29, 1.82) is 0 Å². The smallest absolute Gasteiger partial charge is 0.236 e. The van der Waals surface area contributed by atoms with Gasteiger partial charge in [-0.25, -0.2) is 8.42 Å². The molecule has 3 rings (SSSR count). The quantitative estimate of drug-likeness (QED) is 0.590. The predicted molar refractivity (Wildman–Crippen MR) is 114 cm³/mol. The van der Waals surface area contributed by atoms with Crippen LogP contribution in [0.25, 0.3) is 0 Å². The van der Waals surface area contributed by atoms with Gasteiger partial charge in [-0.1, -0.05) is 48.9 Å². The van der Waals surface area contributed by atoms with Crippen molar-refractivity contribution in [3.8, 4) is 0 Å². The molecule has 28 heavy (non-hydrogen) atoms. The zero-order chi connectivity index (χ0) is 20.1. The van der Waals surface area contributed by atoms with Crippen molar-refractivity contribution >= 4 is 38.7 Å². The van der Waals surface area contributed by atoms with Gasteiger partial charge in [-0.3, -0.25) is 4.79 Å². The normalized spacial score (nSPS) is 12.5. The first-order valence-electron chi connectivity index (χ1n) is 8.79. The van der Waals surface area contributed by atoms with E-state index in [-0.39, 0.29) is 10.9 Å². The van der Waals surface area contributed by atoms with Crippen molar-refractivity contribution in [2.75, 3.05) is 5.75 Å². The molecule has 0 saturated heterocycles. The van der Waals surface area contributed by atoms with Crippen LogP contribution in [0.3, 0.4) is 0 Å². The number of nitrogens with one attached hydrogen (secondary N) is 1. The predicted octanol–water partition coefficient (Wildman–Crippen LogP) is 4.64. The van der Waals surface area contributed by atoms with Gasteiger partial charge in [0.25, 0.3) is 0 Å². The lowest BCUT2D eigenvalue weighted by Crippen LogP contribution is -2.33. The summed E-state index contributed by atoms with van der Waals surface area (Å²) in [6.45, 7) is 2.08. The van der Waals surface area contributed by atoms with Gasteiger partial charge in [0, 0.05) is 9.90 Å². The molecule has 0 radical (unpaired) electrons. The van der Waals surface area contributed by atoms with Gasteiger partial charge in [-0.2, -0.15) is 0 Å². The lowest BCUT2D eigenvalue weighted by molar-refractivity contribution is -0.119. The zero-order valence-electron chi connectivity index (χ0n) is 15.3. The molecule has 1 N–H and O–H groups in total. The average Bonchev–Trinajstić information content (AvgIpc) is 3.21. The Morgan fingerprint density at radius 1 is 1.07 bits per heavy atom. The Hall–Kier alpha value is -2.15. The summed E-state index contributed by atoms with van der Waals surface area (Å²) in [5.41, 5.74) is 2.11. The second-order valence-corrected chi connectivity index (χ2v) is 9.73. The highest BCUT2D eigenvalue weighted by molar-refractivity contribution is 7.92. The summed E-state index contributed by atoms with van der Waals surface area (Å²) in [6, 6.07) is 17.2. The number of hydrogen-bond donors (Lipinski definition) is 1. The molecule has 7 heteroatoms. The van der Waals surface area contributed by atoms with E-state index in [1.54, 1.807) is 0 Å². The largest absolute Gasteiger partial charge is 0.343 e. The van der Waals surface area contributed by atoms with Crippen LogP contribution in [0, 0.1) is 0 Å². The van der Waals surface area contributed by atoms with Crippen molar-refractivity contribution < 1.29 is 13.2 Å². The number of hydrogen-bond acceptors (Lipinski definition) is 4. The molecule has 3 aromatic rings. The molecular formula is C21H20ClNO3S2. The van der Waals surface area contributed by atoms with E-state index in [4.69, 9.17) is 11.6 Å². The second kappa shape index (κ2) is 8.90. The summed E-state index contributed by atoms with van der Waals surface area (Å²) in [5.74, 6) is -1.17. The number of carbonyl (C=O) groups excluding carboxylic acids is 1. The van der Waals surface area contributed by atoms with E-state index in [2.05, 4.69) is 12.2 Å². The molecule has 0 saturated carbocycles. The molecule has 0 spiro atoms. The van der Waals surface area contributed by atoms with Gasteiger partial charge in [0.1, 0.15) is 5.75 Å². The molecule has 1 atom stereocenters. The number of amides is 1. The zero-order valence-corrected chi connectivity index (χ0v) is 17.7. The van der Waals surface area contributed by atoms with Crippen LogP contribution in [-0.2, 0) is 21.1 Å². The lowest BCUT2D eigenvalue weighted by Gasteiger charge is -2.18. The first-order chi connectivity index (χ1) is 13.4. The minimum atomic E-state index is -3.75. The van der Waals surface area contributed by atoms with Crippen molar-refractivity contribution in [3.05, 3.63) is 87.1 Å². The molecule has 1 aromatic heterocycles. The molecule has 1 heterocycles. The Labute approximate surface area is 174 Å². The third kappa shape index (κ3) is 5.01. The summed E-state index contributed by atoms with van der Waals surface area (Å²) in [6.07, 6.45) is 0.926. The van der Waals surface area contributed by atoms with Gasteiger partial charge in [0.05, 0.1) is 10.9 Å². The van der Waals surface area contributed by atoms with Crippen LogP contribution in [-0.4, -0.2) is 20.1 Å². The Kier molecular flexibility index (Phi) is 6.54. The fourth-order valence-corrected chi connectivity index (χ4v) is 4.89. The monoisotopic (exact) mass is 433 g/mol. The summed E-state index contributed by atoms with van der Waals surface area (Å²) in [5, 5.41) is 5.25. The Bertz CT molecular complexity index is 1030. The molecule has 2 aromatic carbocycles. The van der Waals surface area contributed by atoms with Crippen molar-refractivity contribution in [3.63, 3.8) is 0 Å². The molecule has 0 aliphatic heterocycles. The van der Waals surface area contributed by atoms with Crippen LogP contribution < -0.4 is 5.32 Å². The van der Waals surface area contributed by atoms with Crippen LogP contribution in [0.15, 0.2) is 70.9 Å². The van der Waals surface area contributed by atoms with E-state index in [0.717, 1.165) is 16.9 Å². The standard InChI is InChI=1S/C21H20ClNO3S2/c1-2-15-5-7-16(8-6-15)21(19-4-3-13-27-19)23-20(24)14-28(25,26)18-11-9-17(22)10-12-18/h3-13,21H,2,14H2,1H3,(H,23,24). The fourth-order valence-electron chi connectivity index (χ4n) is 2.82. The van der Waals surface area contributed by atoms with Gasteiger partial charge < -0.3 is 5.32 Å². The number of sulfone groups is 1. The maximum Gasteiger partial charge on any atom is 0.236 e. The maximum atomic E-state index is 12.6. The molecule has 0 bridgehead atoms. The van der Waals surface area contributed by atoms with Crippen molar-refractivity contribution in [1.82, 2.24) is 5.32 Å². The van der Waals surface area contributed by atoms with Gasteiger partial charge in [0.15, 0.2) is 9.84 Å². The average molecular weight is 434 g/mol. The minimum Gasteiger partial charge on any atom is -0.343 e. The summed E-state index contributed by atoms with van der Waals surface area (Å²) in [7, 11) is -3.75. The molecule has 146 valence electrons. The molecular weight excluding hydrogens is 414 g/mol. The Balaban J connectivity index is 1.80. The van der Waals surface area contributed by atoms with Crippen LogP contribution in [0.5, 0.6) is 0 Å². The topological polar surface area (TPSA) is 63.2 Å². The van der Waals surface area contributed by atoms with E-state index in [1.165, 1.54) is 41.2 Å². The molecule has 4 nitrogen and oxygen atoms in total. The summed E-state index contributed by atoms with van der Waals surface area (Å²) < 4.78 is 25.1. The van der Waals surface area contributed by atoms with Crippen LogP contribution in [0.2, 0.25) is 5.02 Å². The Morgan fingerprint density at radius 3 is 2.32 bits per heavy atom. The van der Waals surface area contributed by atoms with Crippen molar-refractivity contribution in [2.45, 2.75) is 24.3 Å². The molecule has 0 aliphatic carbocycles. The number of carbonyl (C=O) groups is 1. The molecule has 0 aliphatic rings. The number of rotatable bonds is 7. The molecule has 1 unspecified atom stereocenters. The number of aryl methyl sites for hydroxylation is 1. The SMILES string of the molecule is CCc1ccc(C(NC(=O)CS(=O)(=O)c2ccc(Cl)cc2)c2cccs2)cc1. The van der Waals surface area contributed by atoms with Crippen LogP contribution in [0.1, 0.15) is 29.0 Å².